The maximum atomic E-state index is 5.47. The van der Waals surface area contributed by atoms with Gasteiger partial charge in [-0.1, -0.05) is 30.3 Å². The maximum absolute atomic E-state index is 5.47. The Morgan fingerprint density at radius 1 is 1.18 bits per heavy atom. The summed E-state index contributed by atoms with van der Waals surface area (Å²) >= 11 is 5.47. The Morgan fingerprint density at radius 3 is 2.82 bits per heavy atom. The van der Waals surface area contributed by atoms with E-state index in [0.29, 0.717) is 5.92 Å². The normalized spacial score (nSPS) is 27.5. The minimum Gasteiger partial charge on any atom is -0.352 e. The SMILES string of the molecule is S=C1NC2=C(CCC[C@H]2C2=[NH+]CCN2)[C@H](c2ccccc2)N1. The van der Waals surface area contributed by atoms with Crippen LogP contribution in [0.15, 0.2) is 41.6 Å². The smallest absolute Gasteiger partial charge is 0.251 e. The van der Waals surface area contributed by atoms with Crippen molar-refractivity contribution < 1.29 is 4.99 Å². The Kier molecular flexibility index (Phi) is 3.58. The van der Waals surface area contributed by atoms with Gasteiger partial charge in [-0.25, -0.2) is 0 Å². The molecule has 0 bridgehead atoms. The first kappa shape index (κ1) is 13.8. The summed E-state index contributed by atoms with van der Waals surface area (Å²) in [6, 6.07) is 10.8. The number of nitrogens with one attached hydrogen (secondary N) is 4. The van der Waals surface area contributed by atoms with E-state index in [4.69, 9.17) is 12.2 Å². The second kappa shape index (κ2) is 5.72. The highest BCUT2D eigenvalue weighted by Crippen LogP contribution is 2.38. The van der Waals surface area contributed by atoms with Crippen molar-refractivity contribution in [3.05, 3.63) is 47.2 Å². The molecule has 0 spiro atoms. The number of amidine groups is 1. The third-order valence-corrected chi connectivity index (χ3v) is 4.96. The lowest BCUT2D eigenvalue weighted by Gasteiger charge is -2.37. The summed E-state index contributed by atoms with van der Waals surface area (Å²) in [6.07, 6.45) is 3.52. The van der Waals surface area contributed by atoms with Crippen LogP contribution in [0.4, 0.5) is 0 Å². The van der Waals surface area contributed by atoms with Crippen LogP contribution < -0.4 is 20.9 Å². The van der Waals surface area contributed by atoms with Gasteiger partial charge in [0.15, 0.2) is 5.11 Å². The Labute approximate surface area is 136 Å². The molecule has 114 valence electrons. The van der Waals surface area contributed by atoms with Gasteiger partial charge in [-0.3, -0.25) is 10.3 Å². The molecule has 1 aliphatic carbocycles. The van der Waals surface area contributed by atoms with Crippen molar-refractivity contribution in [1.29, 1.82) is 0 Å². The van der Waals surface area contributed by atoms with Crippen molar-refractivity contribution in [1.82, 2.24) is 16.0 Å². The summed E-state index contributed by atoms with van der Waals surface area (Å²) in [5, 5.41) is 11.1. The van der Waals surface area contributed by atoms with E-state index in [-0.39, 0.29) is 6.04 Å². The highest BCUT2D eigenvalue weighted by molar-refractivity contribution is 7.80. The zero-order chi connectivity index (χ0) is 14.9. The molecule has 4 rings (SSSR count). The molecule has 0 radical (unpaired) electrons. The molecule has 0 fully saturated rings. The van der Waals surface area contributed by atoms with E-state index in [0.717, 1.165) is 24.6 Å². The van der Waals surface area contributed by atoms with E-state index < -0.39 is 0 Å². The number of hydrogen-bond donors (Lipinski definition) is 4. The van der Waals surface area contributed by atoms with E-state index in [9.17, 15) is 0 Å². The number of hydrogen-bond acceptors (Lipinski definition) is 2. The van der Waals surface area contributed by atoms with Gasteiger partial charge >= 0.3 is 0 Å². The quantitative estimate of drug-likeness (QED) is 0.595. The molecule has 0 unspecified atom stereocenters. The topological polar surface area (TPSA) is 50.1 Å². The van der Waals surface area contributed by atoms with Gasteiger partial charge in [0.2, 0.25) is 0 Å². The zero-order valence-electron chi connectivity index (χ0n) is 12.5. The van der Waals surface area contributed by atoms with Gasteiger partial charge in [-0.15, -0.1) is 0 Å². The van der Waals surface area contributed by atoms with E-state index in [1.807, 2.05) is 0 Å². The fourth-order valence-electron chi connectivity index (χ4n) is 3.77. The van der Waals surface area contributed by atoms with Crippen LogP contribution in [-0.2, 0) is 0 Å². The molecule has 0 saturated heterocycles. The highest BCUT2D eigenvalue weighted by Gasteiger charge is 2.38. The molecule has 0 amide bonds. The Balaban J connectivity index is 1.75. The Hall–Kier alpha value is -1.88. The zero-order valence-corrected chi connectivity index (χ0v) is 13.3. The molecular weight excluding hydrogens is 292 g/mol. The largest absolute Gasteiger partial charge is 0.352 e. The van der Waals surface area contributed by atoms with E-state index in [1.54, 1.807) is 0 Å². The van der Waals surface area contributed by atoms with Crippen LogP contribution in [-0.4, -0.2) is 24.0 Å². The first-order chi connectivity index (χ1) is 10.8. The molecule has 0 aromatic heterocycles. The third kappa shape index (κ3) is 2.39. The van der Waals surface area contributed by atoms with Gasteiger partial charge in [0.1, 0.15) is 13.1 Å². The molecule has 5 heteroatoms. The molecule has 2 atom stereocenters. The molecule has 2 aliphatic heterocycles. The van der Waals surface area contributed by atoms with Crippen molar-refractivity contribution in [2.24, 2.45) is 5.92 Å². The van der Waals surface area contributed by atoms with Crippen molar-refractivity contribution in [3.63, 3.8) is 0 Å². The van der Waals surface area contributed by atoms with Gasteiger partial charge in [-0.2, -0.15) is 0 Å². The van der Waals surface area contributed by atoms with Gasteiger partial charge < -0.3 is 10.6 Å². The van der Waals surface area contributed by atoms with Crippen molar-refractivity contribution in [2.75, 3.05) is 13.1 Å². The molecule has 2 heterocycles. The van der Waals surface area contributed by atoms with E-state index in [2.05, 4.69) is 51.3 Å². The molecule has 4 N–H and O–H groups in total. The Bertz CT molecular complexity index is 650. The predicted molar refractivity (Wildman–Crippen MR) is 91.3 cm³/mol. The summed E-state index contributed by atoms with van der Waals surface area (Å²) in [4.78, 5) is 3.50. The van der Waals surface area contributed by atoms with Crippen LogP contribution in [0.25, 0.3) is 0 Å². The van der Waals surface area contributed by atoms with Crippen LogP contribution in [0.5, 0.6) is 0 Å². The van der Waals surface area contributed by atoms with Crippen LogP contribution in [0.3, 0.4) is 0 Å². The lowest BCUT2D eigenvalue weighted by Crippen LogP contribution is -2.72. The van der Waals surface area contributed by atoms with Crippen LogP contribution in [0, 0.1) is 5.92 Å². The van der Waals surface area contributed by atoms with Crippen molar-refractivity contribution in [2.45, 2.75) is 25.3 Å². The van der Waals surface area contributed by atoms with Crippen LogP contribution >= 0.6 is 12.2 Å². The number of thiocarbonyl (C=S) groups is 1. The lowest BCUT2D eigenvalue weighted by molar-refractivity contribution is -0.447. The fourth-order valence-corrected chi connectivity index (χ4v) is 3.99. The van der Waals surface area contributed by atoms with Gasteiger partial charge in [0.25, 0.3) is 5.84 Å². The van der Waals surface area contributed by atoms with Crippen molar-refractivity contribution >= 4 is 23.2 Å². The molecule has 0 saturated carbocycles. The molecule has 1 aromatic carbocycles. The van der Waals surface area contributed by atoms with Gasteiger partial charge in [-0.05, 0) is 42.6 Å². The fraction of sp³-hybridized carbons (Fsp3) is 0.412. The molecular formula is C17H21N4S+. The maximum Gasteiger partial charge on any atom is 0.251 e. The summed E-state index contributed by atoms with van der Waals surface area (Å²) < 4.78 is 0. The lowest BCUT2D eigenvalue weighted by atomic mass is 9.80. The monoisotopic (exact) mass is 313 g/mol. The van der Waals surface area contributed by atoms with Gasteiger partial charge in [0.05, 0.1) is 12.0 Å². The molecule has 4 nitrogen and oxygen atoms in total. The predicted octanol–water partition coefficient (Wildman–Crippen LogP) is 0.342. The average molecular weight is 313 g/mol. The Morgan fingerprint density at radius 2 is 2.05 bits per heavy atom. The summed E-state index contributed by atoms with van der Waals surface area (Å²) in [5.74, 6) is 1.66. The summed E-state index contributed by atoms with van der Waals surface area (Å²) in [6.45, 7) is 2.03. The number of benzene rings is 1. The van der Waals surface area contributed by atoms with E-state index in [1.165, 1.54) is 35.5 Å². The van der Waals surface area contributed by atoms with Crippen LogP contribution in [0.1, 0.15) is 30.9 Å². The minimum absolute atomic E-state index is 0.203. The second-order valence-electron chi connectivity index (χ2n) is 6.09. The van der Waals surface area contributed by atoms with Crippen molar-refractivity contribution in [3.8, 4) is 0 Å². The summed E-state index contributed by atoms with van der Waals surface area (Å²) in [7, 11) is 0. The van der Waals surface area contributed by atoms with Gasteiger partial charge in [0, 0.05) is 5.70 Å². The third-order valence-electron chi connectivity index (χ3n) is 4.74. The molecule has 3 aliphatic rings. The number of rotatable bonds is 2. The second-order valence-corrected chi connectivity index (χ2v) is 6.50. The molecule has 1 aromatic rings. The average Bonchev–Trinajstić information content (AvgIpc) is 3.08. The minimum atomic E-state index is 0.203. The van der Waals surface area contributed by atoms with E-state index >= 15 is 0 Å². The van der Waals surface area contributed by atoms with Crippen LogP contribution in [0.2, 0.25) is 0 Å². The molecule has 22 heavy (non-hydrogen) atoms. The first-order valence-corrected chi connectivity index (χ1v) is 8.44. The standard InChI is InChI=1S/C17H20N4S/c22-17-20-14(11-5-2-1-3-6-11)12-7-4-8-13(15(12)21-17)16-18-9-10-19-16/h1-3,5-6,13-14H,4,7-10H2,(H,18,19)(H2,20,21,22)/p+1/t13-,14+/m1/s1. The first-order valence-electron chi connectivity index (χ1n) is 8.03. The highest BCUT2D eigenvalue weighted by atomic mass is 32.1. The summed E-state index contributed by atoms with van der Waals surface area (Å²) in [5.41, 5.74) is 4.05.